The van der Waals surface area contributed by atoms with Crippen molar-refractivity contribution in [1.29, 1.82) is 0 Å². The lowest BCUT2D eigenvalue weighted by molar-refractivity contribution is -0.173. The molecule has 1 saturated heterocycles. The Hall–Kier alpha value is -3.68. The van der Waals surface area contributed by atoms with Gasteiger partial charge in [0.1, 0.15) is 5.75 Å². The average molecular weight is 394 g/mol. The van der Waals surface area contributed by atoms with Crippen LogP contribution in [0.15, 0.2) is 48.5 Å². The summed E-state index contributed by atoms with van der Waals surface area (Å²) >= 11 is 0. The van der Waals surface area contributed by atoms with Gasteiger partial charge >= 0.3 is 5.97 Å². The molecule has 2 aliphatic rings. The molecule has 0 saturated carbocycles. The topological polar surface area (TPSA) is 93.2 Å². The van der Waals surface area contributed by atoms with Crippen molar-refractivity contribution in [1.82, 2.24) is 5.06 Å². The molecule has 0 spiro atoms. The molecule has 2 aromatic rings. The molecule has 1 fully saturated rings. The van der Waals surface area contributed by atoms with Crippen LogP contribution in [-0.2, 0) is 14.4 Å². The third-order valence-electron chi connectivity index (χ3n) is 4.86. The molecule has 2 heterocycles. The van der Waals surface area contributed by atoms with Gasteiger partial charge in [0.05, 0.1) is 23.7 Å². The zero-order chi connectivity index (χ0) is 20.5. The number of amides is 3. The molecule has 0 radical (unpaired) electrons. The summed E-state index contributed by atoms with van der Waals surface area (Å²) in [4.78, 5) is 56.1. The fraction of sp³-hybridized carbons (Fsp3) is 0.238. The number of fused-ring (bicyclic) bond motifs is 1. The van der Waals surface area contributed by atoms with Gasteiger partial charge in [-0.3, -0.25) is 14.4 Å². The maximum atomic E-state index is 12.5. The second kappa shape index (κ2) is 7.38. The zero-order valence-electron chi connectivity index (χ0n) is 15.7. The molecule has 1 unspecified atom stereocenters. The molecule has 8 heteroatoms. The molecule has 8 nitrogen and oxygen atoms in total. The van der Waals surface area contributed by atoms with E-state index in [1.54, 1.807) is 36.4 Å². The van der Waals surface area contributed by atoms with E-state index in [-0.39, 0.29) is 30.0 Å². The highest BCUT2D eigenvalue weighted by atomic mass is 16.7. The van der Waals surface area contributed by atoms with E-state index in [4.69, 9.17) is 9.57 Å². The smallest absolute Gasteiger partial charge is 0.338 e. The molecule has 0 N–H and O–H groups in total. The lowest BCUT2D eigenvalue weighted by atomic mass is 10.1. The van der Waals surface area contributed by atoms with Gasteiger partial charge in [0.15, 0.2) is 0 Å². The summed E-state index contributed by atoms with van der Waals surface area (Å²) in [7, 11) is 0. The number of hydrogen-bond donors (Lipinski definition) is 0. The first-order valence-electron chi connectivity index (χ1n) is 9.22. The van der Waals surface area contributed by atoms with Crippen LogP contribution in [0.4, 0.5) is 5.69 Å². The number of carbonyl (C=O) groups is 4. The number of carbonyl (C=O) groups excluding carboxylic acids is 4. The number of hydrogen-bond acceptors (Lipinski definition) is 6. The molecule has 148 valence electrons. The Balaban J connectivity index is 1.44. The second-order valence-electron chi connectivity index (χ2n) is 6.69. The van der Waals surface area contributed by atoms with Gasteiger partial charge in [-0.2, -0.15) is 0 Å². The third-order valence-corrected chi connectivity index (χ3v) is 4.86. The van der Waals surface area contributed by atoms with E-state index < -0.39 is 23.7 Å². The summed E-state index contributed by atoms with van der Waals surface area (Å²) in [6, 6.07) is 13.2. The highest BCUT2D eigenvalue weighted by molar-refractivity contribution is 6.21. The van der Waals surface area contributed by atoms with Crippen LogP contribution in [0.25, 0.3) is 0 Å². The van der Waals surface area contributed by atoms with Gasteiger partial charge in [-0.1, -0.05) is 17.2 Å². The van der Waals surface area contributed by atoms with Crippen molar-refractivity contribution in [3.8, 4) is 5.75 Å². The third kappa shape index (κ3) is 3.33. The van der Waals surface area contributed by atoms with Crippen LogP contribution in [0.1, 0.15) is 34.1 Å². The number of benzene rings is 2. The minimum absolute atomic E-state index is 0.0603. The van der Waals surface area contributed by atoms with E-state index in [1.807, 2.05) is 6.92 Å². The fourth-order valence-electron chi connectivity index (χ4n) is 3.42. The molecule has 0 bridgehead atoms. The molecule has 1 atom stereocenters. The van der Waals surface area contributed by atoms with Crippen LogP contribution < -0.4 is 9.64 Å². The lowest BCUT2D eigenvalue weighted by Crippen LogP contribution is -2.36. The SMILES string of the molecule is CCOc1ccc(N2CC(C(=O)ON3C(=O)c4ccccc4C3=O)CC2=O)cc1. The minimum atomic E-state index is -0.790. The molecule has 2 aliphatic heterocycles. The van der Waals surface area contributed by atoms with Crippen LogP contribution in [0.2, 0.25) is 0 Å². The number of ether oxygens (including phenoxy) is 1. The molecular formula is C21H18N2O6. The van der Waals surface area contributed by atoms with Gasteiger partial charge in [0, 0.05) is 18.7 Å². The summed E-state index contributed by atoms with van der Waals surface area (Å²) in [6.07, 6.45) is -0.0603. The predicted octanol–water partition coefficient (Wildman–Crippen LogP) is 2.19. The first kappa shape index (κ1) is 18.7. The zero-order valence-corrected chi connectivity index (χ0v) is 15.7. The van der Waals surface area contributed by atoms with E-state index in [0.29, 0.717) is 23.1 Å². The van der Waals surface area contributed by atoms with Crippen molar-refractivity contribution in [2.24, 2.45) is 5.92 Å². The molecule has 4 rings (SSSR count). The number of rotatable bonds is 5. The van der Waals surface area contributed by atoms with Gasteiger partial charge in [-0.15, -0.1) is 0 Å². The van der Waals surface area contributed by atoms with Gasteiger partial charge in [-0.05, 0) is 43.3 Å². The van der Waals surface area contributed by atoms with E-state index in [1.165, 1.54) is 17.0 Å². The van der Waals surface area contributed by atoms with Crippen LogP contribution in [-0.4, -0.2) is 41.9 Å². The van der Waals surface area contributed by atoms with E-state index in [9.17, 15) is 19.2 Å². The largest absolute Gasteiger partial charge is 0.494 e. The fourth-order valence-corrected chi connectivity index (χ4v) is 3.42. The van der Waals surface area contributed by atoms with E-state index in [2.05, 4.69) is 0 Å². The summed E-state index contributed by atoms with van der Waals surface area (Å²) < 4.78 is 5.38. The molecule has 0 aliphatic carbocycles. The van der Waals surface area contributed by atoms with Crippen molar-refractivity contribution in [2.75, 3.05) is 18.1 Å². The minimum Gasteiger partial charge on any atom is -0.494 e. The van der Waals surface area contributed by atoms with Crippen molar-refractivity contribution < 1.29 is 28.8 Å². The predicted molar refractivity (Wildman–Crippen MR) is 101 cm³/mol. The first-order chi connectivity index (χ1) is 14.0. The molecule has 2 aromatic carbocycles. The maximum absolute atomic E-state index is 12.5. The van der Waals surface area contributed by atoms with Crippen molar-refractivity contribution in [3.05, 3.63) is 59.7 Å². The van der Waals surface area contributed by atoms with Crippen LogP contribution in [0.5, 0.6) is 5.75 Å². The Morgan fingerprint density at radius 1 is 1.00 bits per heavy atom. The monoisotopic (exact) mass is 394 g/mol. The molecule has 0 aromatic heterocycles. The highest BCUT2D eigenvalue weighted by Crippen LogP contribution is 2.29. The highest BCUT2D eigenvalue weighted by Gasteiger charge is 2.42. The number of imide groups is 1. The number of nitrogens with zero attached hydrogens (tertiary/aromatic N) is 2. The summed E-state index contributed by atoms with van der Waals surface area (Å²) in [6.45, 7) is 2.52. The van der Waals surface area contributed by atoms with Crippen LogP contribution in [0.3, 0.4) is 0 Å². The van der Waals surface area contributed by atoms with E-state index in [0.717, 1.165) is 0 Å². The van der Waals surface area contributed by atoms with Crippen molar-refractivity contribution in [3.63, 3.8) is 0 Å². The van der Waals surface area contributed by atoms with Gasteiger partial charge in [0.25, 0.3) is 11.8 Å². The van der Waals surface area contributed by atoms with Crippen LogP contribution in [0, 0.1) is 5.92 Å². The normalized spacial score (nSPS) is 18.2. The lowest BCUT2D eigenvalue weighted by Gasteiger charge is -2.18. The standard InChI is InChI=1S/C21H18N2O6/c1-2-28-15-9-7-14(8-10-15)22-12-13(11-18(22)24)21(27)29-23-19(25)16-5-3-4-6-17(16)20(23)26/h3-10,13H,2,11-12H2,1H3. The molecule has 29 heavy (non-hydrogen) atoms. The van der Waals surface area contributed by atoms with Crippen LogP contribution >= 0.6 is 0 Å². The Morgan fingerprint density at radius 2 is 1.62 bits per heavy atom. The summed E-state index contributed by atoms with van der Waals surface area (Å²) in [5, 5.41) is 0.469. The first-order valence-corrected chi connectivity index (χ1v) is 9.22. The Bertz CT molecular complexity index is 965. The van der Waals surface area contributed by atoms with Gasteiger partial charge < -0.3 is 14.5 Å². The molecular weight excluding hydrogens is 376 g/mol. The number of anilines is 1. The van der Waals surface area contributed by atoms with Gasteiger partial charge in [-0.25, -0.2) is 4.79 Å². The Labute approximate surface area is 166 Å². The molecule has 3 amide bonds. The summed E-state index contributed by atoms with van der Waals surface area (Å²) in [5.41, 5.74) is 1.00. The number of hydroxylamine groups is 2. The van der Waals surface area contributed by atoms with E-state index >= 15 is 0 Å². The van der Waals surface area contributed by atoms with Crippen molar-refractivity contribution in [2.45, 2.75) is 13.3 Å². The second-order valence-corrected chi connectivity index (χ2v) is 6.69. The van der Waals surface area contributed by atoms with Crippen molar-refractivity contribution >= 4 is 29.4 Å². The van der Waals surface area contributed by atoms with Gasteiger partial charge in [0.2, 0.25) is 5.91 Å². The maximum Gasteiger partial charge on any atom is 0.338 e. The average Bonchev–Trinajstić information content (AvgIpc) is 3.23. The summed E-state index contributed by atoms with van der Waals surface area (Å²) in [5.74, 6) is -2.50. The Morgan fingerprint density at radius 3 is 2.21 bits per heavy atom. The Kier molecular flexibility index (Phi) is 4.75. The quantitative estimate of drug-likeness (QED) is 0.722.